The highest BCUT2D eigenvalue weighted by Crippen LogP contribution is 2.32. The number of benzene rings is 2. The van der Waals surface area contributed by atoms with Gasteiger partial charge in [0.2, 0.25) is 11.8 Å². The first-order valence-corrected chi connectivity index (χ1v) is 24.6. The van der Waals surface area contributed by atoms with Gasteiger partial charge in [-0.3, -0.25) is 9.13 Å². The molecule has 0 aliphatic rings. The Labute approximate surface area is 401 Å². The lowest BCUT2D eigenvalue weighted by molar-refractivity contribution is 0.398. The number of sulfone groups is 2. The lowest BCUT2D eigenvalue weighted by atomic mass is 10.2. The summed E-state index contributed by atoms with van der Waals surface area (Å²) in [6.07, 6.45) is 4.08. The van der Waals surface area contributed by atoms with Crippen LogP contribution >= 0.6 is 0 Å². The number of hydrogen-bond donors (Lipinski definition) is 0. The van der Waals surface area contributed by atoms with Crippen LogP contribution in [0, 0.1) is 11.6 Å². The quantitative estimate of drug-likeness (QED) is 0.101. The molecule has 2 aromatic carbocycles. The van der Waals surface area contributed by atoms with E-state index in [1.807, 2.05) is 0 Å². The third-order valence-corrected chi connectivity index (χ3v) is 14.7. The summed E-state index contributed by atoms with van der Waals surface area (Å²) >= 11 is 0. The predicted octanol–water partition coefficient (Wildman–Crippen LogP) is 5.64. The maximum Gasteiger partial charge on any atom is 0.213 e. The molecular weight excluding hydrogens is 951 g/mol. The van der Waals surface area contributed by atoms with Gasteiger partial charge in [0.1, 0.15) is 46.0 Å². The van der Waals surface area contributed by atoms with Crippen molar-refractivity contribution >= 4 is 19.7 Å². The Hall–Kier alpha value is -7.86. The zero-order valence-electron chi connectivity index (χ0n) is 38.6. The number of hydrogen-bond acceptors (Lipinski definition) is 18. The van der Waals surface area contributed by atoms with Gasteiger partial charge in [0.25, 0.3) is 0 Å². The van der Waals surface area contributed by atoms with Gasteiger partial charge in [0.15, 0.2) is 54.6 Å². The van der Waals surface area contributed by atoms with Crippen molar-refractivity contribution in [3.05, 3.63) is 145 Å². The summed E-state index contributed by atoms with van der Waals surface area (Å²) in [5.74, 6) is 1.23. The average Bonchev–Trinajstić information content (AvgIpc) is 3.98. The van der Waals surface area contributed by atoms with Crippen LogP contribution in [0.1, 0.15) is 37.1 Å². The molecule has 20 nitrogen and oxygen atoms in total. The van der Waals surface area contributed by atoms with E-state index < -0.39 is 53.3 Å². The highest BCUT2D eigenvalue weighted by atomic mass is 32.2. The maximum absolute atomic E-state index is 13.3. The second-order valence-corrected chi connectivity index (χ2v) is 20.1. The molecule has 24 heteroatoms. The SMILES string of the molecule is COc1cccc(-c2nnc(CS(=O)(=O)[C@@H](C)Cc3ncc(F)cn3)n2-c2ccccc2OC)n1.COc1cccc(-c2nnc(CS(=O)(=O)[C@H](C)Cc3ncc(F)cn3)n2-c2ccccc2OC)n1. The van der Waals surface area contributed by atoms with Crippen LogP contribution in [0.2, 0.25) is 0 Å². The molecule has 0 saturated heterocycles. The summed E-state index contributed by atoms with van der Waals surface area (Å²) < 4.78 is 104. The van der Waals surface area contributed by atoms with E-state index in [1.54, 1.807) is 108 Å². The molecule has 0 radical (unpaired) electrons. The van der Waals surface area contributed by atoms with Crippen molar-refractivity contribution in [2.24, 2.45) is 0 Å². The first kappa shape index (κ1) is 50.0. The van der Waals surface area contributed by atoms with Crippen LogP contribution in [0.4, 0.5) is 8.78 Å². The van der Waals surface area contributed by atoms with Crippen molar-refractivity contribution < 1.29 is 44.6 Å². The van der Waals surface area contributed by atoms with Gasteiger partial charge in [-0.15, -0.1) is 20.4 Å². The number of para-hydroxylation sites is 4. The summed E-state index contributed by atoms with van der Waals surface area (Å²) in [5, 5.41) is 15.2. The molecule has 0 unspecified atom stereocenters. The molecule has 0 bridgehead atoms. The van der Waals surface area contributed by atoms with E-state index in [9.17, 15) is 25.6 Å². The van der Waals surface area contributed by atoms with E-state index in [1.165, 1.54) is 28.4 Å². The van der Waals surface area contributed by atoms with Crippen molar-refractivity contribution in [3.63, 3.8) is 0 Å². The molecule has 70 heavy (non-hydrogen) atoms. The summed E-state index contributed by atoms with van der Waals surface area (Å²) in [5.41, 5.74) is 2.00. The van der Waals surface area contributed by atoms with Crippen LogP contribution in [0.5, 0.6) is 23.3 Å². The van der Waals surface area contributed by atoms with Crippen molar-refractivity contribution in [2.45, 2.75) is 48.7 Å². The van der Waals surface area contributed by atoms with Crippen molar-refractivity contribution in [3.8, 4) is 57.7 Å². The number of methoxy groups -OCH3 is 4. The van der Waals surface area contributed by atoms with Crippen LogP contribution in [-0.4, -0.2) is 115 Å². The Morgan fingerprint density at radius 3 is 1.23 bits per heavy atom. The fraction of sp³-hybridized carbons (Fsp3) is 0.261. The summed E-state index contributed by atoms with van der Waals surface area (Å²) in [6, 6.07) is 24.6. The Bertz CT molecular complexity index is 3070. The largest absolute Gasteiger partial charge is 0.495 e. The standard InChI is InChI=1S/2C23H23FN6O4S/c2*1-15(11-20-25-12-16(24)13-26-20)35(31,32)14-21-28-29-23(17-7-6-10-22(27-17)34-3)30(21)18-8-4-5-9-19(18)33-2/h2*4-10,12-13,15H,11,14H2,1-3H3/t2*15-/m10/s1. The number of ether oxygens (including phenoxy) is 4. The Morgan fingerprint density at radius 1 is 0.500 bits per heavy atom. The topological polar surface area (TPSA) is 244 Å². The van der Waals surface area contributed by atoms with Crippen LogP contribution in [0.25, 0.3) is 34.4 Å². The molecule has 0 N–H and O–H groups in total. The molecule has 0 fully saturated rings. The number of halogens is 2. The number of rotatable bonds is 18. The number of nitrogens with zero attached hydrogens (tertiary/aromatic N) is 12. The summed E-state index contributed by atoms with van der Waals surface area (Å²) in [4.78, 5) is 24.3. The minimum atomic E-state index is -3.74. The second kappa shape index (κ2) is 22.1. The molecule has 0 aliphatic heterocycles. The smallest absolute Gasteiger partial charge is 0.213 e. The zero-order chi connectivity index (χ0) is 50.0. The molecule has 8 rings (SSSR count). The van der Waals surface area contributed by atoms with Gasteiger partial charge in [-0.05, 0) is 50.2 Å². The van der Waals surface area contributed by atoms with E-state index in [2.05, 4.69) is 50.3 Å². The van der Waals surface area contributed by atoms with Crippen molar-refractivity contribution in [1.82, 2.24) is 59.4 Å². The normalized spacial score (nSPS) is 12.3. The molecule has 0 saturated carbocycles. The van der Waals surface area contributed by atoms with Crippen LogP contribution in [0.3, 0.4) is 0 Å². The van der Waals surface area contributed by atoms with Gasteiger partial charge in [0, 0.05) is 25.0 Å². The predicted molar refractivity (Wildman–Crippen MR) is 251 cm³/mol. The average molecular weight is 997 g/mol. The molecule has 6 heterocycles. The first-order valence-electron chi connectivity index (χ1n) is 21.2. The minimum Gasteiger partial charge on any atom is -0.495 e. The van der Waals surface area contributed by atoms with Gasteiger partial charge < -0.3 is 18.9 Å². The third-order valence-electron chi connectivity index (χ3n) is 10.6. The first-order chi connectivity index (χ1) is 33.6. The second-order valence-electron chi connectivity index (χ2n) is 15.3. The van der Waals surface area contributed by atoms with Gasteiger partial charge >= 0.3 is 0 Å². The summed E-state index contributed by atoms with van der Waals surface area (Å²) in [7, 11) is -1.43. The molecule has 6 aromatic heterocycles. The fourth-order valence-corrected chi connectivity index (χ4v) is 9.36. The highest BCUT2D eigenvalue weighted by Gasteiger charge is 2.30. The van der Waals surface area contributed by atoms with E-state index in [0.29, 0.717) is 57.7 Å². The lowest BCUT2D eigenvalue weighted by Crippen LogP contribution is -2.24. The van der Waals surface area contributed by atoms with Crippen LogP contribution in [-0.2, 0) is 44.0 Å². The fourth-order valence-electron chi connectivity index (χ4n) is 6.89. The Morgan fingerprint density at radius 2 is 0.871 bits per heavy atom. The van der Waals surface area contributed by atoms with Gasteiger partial charge in [-0.1, -0.05) is 36.4 Å². The molecule has 0 aliphatic carbocycles. The number of aromatic nitrogens is 12. The molecule has 2 atom stereocenters. The van der Waals surface area contributed by atoms with E-state index in [0.717, 1.165) is 24.8 Å². The zero-order valence-corrected chi connectivity index (χ0v) is 40.2. The molecular formula is C46H46F2N12O8S2. The van der Waals surface area contributed by atoms with Gasteiger partial charge in [-0.2, -0.15) is 0 Å². The third kappa shape index (κ3) is 11.7. The molecule has 8 aromatic rings. The molecule has 0 amide bonds. The van der Waals surface area contributed by atoms with Crippen LogP contribution in [0.15, 0.2) is 110 Å². The maximum atomic E-state index is 13.3. The Balaban J connectivity index is 0.000000206. The van der Waals surface area contributed by atoms with Gasteiger partial charge in [0.05, 0.1) is 75.1 Å². The molecule has 0 spiro atoms. The van der Waals surface area contributed by atoms with Crippen LogP contribution < -0.4 is 18.9 Å². The monoisotopic (exact) mass is 996 g/mol. The highest BCUT2D eigenvalue weighted by molar-refractivity contribution is 7.91. The minimum absolute atomic E-state index is 0.0235. The van der Waals surface area contributed by atoms with Gasteiger partial charge in [-0.25, -0.2) is 55.5 Å². The number of pyridine rings is 2. The lowest BCUT2D eigenvalue weighted by Gasteiger charge is -2.16. The van der Waals surface area contributed by atoms with Crippen molar-refractivity contribution in [2.75, 3.05) is 28.4 Å². The Kier molecular flexibility index (Phi) is 15.8. The summed E-state index contributed by atoms with van der Waals surface area (Å²) in [6.45, 7) is 3.10. The van der Waals surface area contributed by atoms with Crippen molar-refractivity contribution in [1.29, 1.82) is 0 Å². The van der Waals surface area contributed by atoms with E-state index in [4.69, 9.17) is 18.9 Å². The van der Waals surface area contributed by atoms with E-state index >= 15 is 0 Å². The van der Waals surface area contributed by atoms with E-state index in [-0.39, 0.29) is 36.1 Å². The molecule has 364 valence electrons.